The van der Waals surface area contributed by atoms with Crippen molar-refractivity contribution >= 4 is 21.5 Å². The Morgan fingerprint density at radius 1 is 0.773 bits per heavy atom. The maximum Gasteiger partial charge on any atom is 0.122 e. The van der Waals surface area contributed by atoms with E-state index < -0.39 is 0 Å². The molecule has 0 unspecified atom stereocenters. The fourth-order valence-corrected chi connectivity index (χ4v) is 3.07. The van der Waals surface area contributed by atoms with Crippen molar-refractivity contribution in [3.05, 3.63) is 47.0 Å². The molecular formula is C19H20O3. The molecule has 0 aliphatic carbocycles. The van der Waals surface area contributed by atoms with Crippen LogP contribution >= 0.6 is 0 Å². The summed E-state index contributed by atoms with van der Waals surface area (Å²) >= 11 is 0. The molecule has 1 N–H and O–H groups in total. The molecule has 22 heavy (non-hydrogen) atoms. The first-order valence-electron chi connectivity index (χ1n) is 7.28. The number of aliphatic hydroxyl groups is 1. The minimum absolute atomic E-state index is 0.00511. The lowest BCUT2D eigenvalue weighted by molar-refractivity contribution is 0.283. The van der Waals surface area contributed by atoms with Gasteiger partial charge < -0.3 is 14.6 Å². The largest absolute Gasteiger partial charge is 0.496 e. The predicted molar refractivity (Wildman–Crippen MR) is 90.0 cm³/mol. The summed E-state index contributed by atoms with van der Waals surface area (Å²) in [5.74, 6) is 1.70. The summed E-state index contributed by atoms with van der Waals surface area (Å²) in [5.41, 5.74) is 3.08. The Labute approximate surface area is 130 Å². The highest BCUT2D eigenvalue weighted by Gasteiger charge is 2.11. The number of aryl methyl sites for hydroxylation is 2. The van der Waals surface area contributed by atoms with Gasteiger partial charge in [-0.2, -0.15) is 0 Å². The van der Waals surface area contributed by atoms with Crippen molar-refractivity contribution in [3.8, 4) is 11.5 Å². The Morgan fingerprint density at radius 2 is 1.36 bits per heavy atom. The Morgan fingerprint density at radius 3 is 1.95 bits per heavy atom. The summed E-state index contributed by atoms with van der Waals surface area (Å²) in [6, 6.07) is 10.3. The lowest BCUT2D eigenvalue weighted by Gasteiger charge is -2.14. The highest BCUT2D eigenvalue weighted by atomic mass is 16.5. The van der Waals surface area contributed by atoms with Gasteiger partial charge in [0.05, 0.1) is 20.8 Å². The Bertz CT molecular complexity index is 866. The van der Waals surface area contributed by atoms with E-state index in [1.807, 2.05) is 32.0 Å². The molecule has 114 valence electrons. The minimum atomic E-state index is -0.00511. The van der Waals surface area contributed by atoms with E-state index in [1.54, 1.807) is 14.2 Å². The van der Waals surface area contributed by atoms with Crippen molar-refractivity contribution in [1.82, 2.24) is 0 Å². The quantitative estimate of drug-likeness (QED) is 0.739. The van der Waals surface area contributed by atoms with Crippen molar-refractivity contribution < 1.29 is 14.6 Å². The van der Waals surface area contributed by atoms with E-state index in [0.29, 0.717) is 0 Å². The van der Waals surface area contributed by atoms with Gasteiger partial charge in [-0.3, -0.25) is 0 Å². The van der Waals surface area contributed by atoms with Crippen LogP contribution < -0.4 is 9.47 Å². The average molecular weight is 296 g/mol. The zero-order valence-corrected chi connectivity index (χ0v) is 13.4. The van der Waals surface area contributed by atoms with Crippen LogP contribution in [0.5, 0.6) is 11.5 Å². The van der Waals surface area contributed by atoms with Crippen LogP contribution in [-0.2, 0) is 6.61 Å². The average Bonchev–Trinajstić information content (AvgIpc) is 2.53. The van der Waals surface area contributed by atoms with Crippen molar-refractivity contribution in [2.75, 3.05) is 14.2 Å². The lowest BCUT2D eigenvalue weighted by Crippen LogP contribution is -1.94. The van der Waals surface area contributed by atoms with E-state index in [0.717, 1.165) is 49.7 Å². The van der Waals surface area contributed by atoms with Gasteiger partial charge in [-0.25, -0.2) is 0 Å². The monoisotopic (exact) mass is 296 g/mol. The number of benzene rings is 3. The van der Waals surface area contributed by atoms with Crippen LogP contribution in [-0.4, -0.2) is 19.3 Å². The van der Waals surface area contributed by atoms with Gasteiger partial charge in [0.1, 0.15) is 11.5 Å². The van der Waals surface area contributed by atoms with Crippen molar-refractivity contribution in [2.45, 2.75) is 20.5 Å². The first kappa shape index (κ1) is 14.7. The fourth-order valence-electron chi connectivity index (χ4n) is 3.07. The van der Waals surface area contributed by atoms with Crippen LogP contribution in [0.1, 0.15) is 16.7 Å². The third kappa shape index (κ3) is 2.18. The Hall–Kier alpha value is -2.26. The second-order valence-electron chi connectivity index (χ2n) is 5.60. The topological polar surface area (TPSA) is 38.7 Å². The first-order chi connectivity index (χ1) is 10.6. The Balaban J connectivity index is 2.48. The highest BCUT2D eigenvalue weighted by molar-refractivity contribution is 6.10. The van der Waals surface area contributed by atoms with Crippen LogP contribution in [0.3, 0.4) is 0 Å². The summed E-state index contributed by atoms with van der Waals surface area (Å²) < 4.78 is 10.8. The van der Waals surface area contributed by atoms with E-state index in [1.165, 1.54) is 0 Å². The molecule has 3 aromatic carbocycles. The molecule has 0 saturated heterocycles. The normalized spacial score (nSPS) is 11.1. The number of ether oxygens (including phenoxy) is 2. The molecule has 0 aliphatic rings. The predicted octanol–water partition coefficient (Wildman–Crippen LogP) is 4.12. The van der Waals surface area contributed by atoms with E-state index in [2.05, 4.69) is 12.1 Å². The number of fused-ring (bicyclic) bond motifs is 3. The molecule has 0 radical (unpaired) electrons. The van der Waals surface area contributed by atoms with Gasteiger partial charge in [-0.05, 0) is 82.4 Å². The van der Waals surface area contributed by atoms with E-state index >= 15 is 0 Å². The molecule has 0 aromatic heterocycles. The maximum atomic E-state index is 9.74. The second kappa shape index (κ2) is 5.50. The van der Waals surface area contributed by atoms with Gasteiger partial charge in [0.2, 0.25) is 0 Å². The molecule has 0 saturated carbocycles. The van der Waals surface area contributed by atoms with Gasteiger partial charge >= 0.3 is 0 Å². The lowest BCUT2D eigenvalue weighted by atomic mass is 9.94. The van der Waals surface area contributed by atoms with Crippen molar-refractivity contribution in [1.29, 1.82) is 0 Å². The number of hydrogen-bond donors (Lipinski definition) is 1. The second-order valence-corrected chi connectivity index (χ2v) is 5.60. The fraction of sp³-hybridized carbons (Fsp3) is 0.263. The molecule has 0 aliphatic heterocycles. The standard InChI is InChI=1S/C19H20O3/c1-11-5-15-13(8-18(11)21-3)7-14(10-20)16-9-19(22-4)12(2)6-17(15)16/h5-9,20H,10H2,1-4H3. The maximum absolute atomic E-state index is 9.74. The number of methoxy groups -OCH3 is 2. The first-order valence-corrected chi connectivity index (χ1v) is 7.28. The zero-order valence-electron chi connectivity index (χ0n) is 13.4. The van der Waals surface area contributed by atoms with Gasteiger partial charge in [0.25, 0.3) is 0 Å². The van der Waals surface area contributed by atoms with E-state index in [4.69, 9.17) is 9.47 Å². The number of aliphatic hydroxyl groups excluding tert-OH is 1. The molecule has 0 amide bonds. The third-order valence-electron chi connectivity index (χ3n) is 4.24. The summed E-state index contributed by atoms with van der Waals surface area (Å²) in [6.07, 6.45) is 0. The number of hydrogen-bond acceptors (Lipinski definition) is 3. The van der Waals surface area contributed by atoms with Crippen LogP contribution in [0.2, 0.25) is 0 Å². The molecule has 0 bridgehead atoms. The van der Waals surface area contributed by atoms with Crippen LogP contribution in [0.15, 0.2) is 30.3 Å². The molecular weight excluding hydrogens is 276 g/mol. The van der Waals surface area contributed by atoms with Crippen LogP contribution in [0, 0.1) is 13.8 Å². The molecule has 0 spiro atoms. The third-order valence-corrected chi connectivity index (χ3v) is 4.24. The summed E-state index contributed by atoms with van der Waals surface area (Å²) in [7, 11) is 3.35. The molecule has 3 nitrogen and oxygen atoms in total. The van der Waals surface area contributed by atoms with Crippen LogP contribution in [0.25, 0.3) is 21.5 Å². The summed E-state index contributed by atoms with van der Waals surface area (Å²) in [4.78, 5) is 0. The molecule has 0 fully saturated rings. The molecule has 0 atom stereocenters. The van der Waals surface area contributed by atoms with E-state index in [9.17, 15) is 5.11 Å². The van der Waals surface area contributed by atoms with Crippen LogP contribution in [0.4, 0.5) is 0 Å². The van der Waals surface area contributed by atoms with E-state index in [-0.39, 0.29) is 6.61 Å². The highest BCUT2D eigenvalue weighted by Crippen LogP contribution is 2.36. The van der Waals surface area contributed by atoms with Gasteiger partial charge in [-0.15, -0.1) is 0 Å². The molecule has 3 heteroatoms. The van der Waals surface area contributed by atoms with Gasteiger partial charge in [0.15, 0.2) is 0 Å². The molecule has 0 heterocycles. The van der Waals surface area contributed by atoms with Crippen molar-refractivity contribution in [2.24, 2.45) is 0 Å². The van der Waals surface area contributed by atoms with Gasteiger partial charge in [0, 0.05) is 0 Å². The zero-order chi connectivity index (χ0) is 15.9. The SMILES string of the molecule is COc1cc2cc(CO)c3cc(OC)c(C)cc3c2cc1C. The number of rotatable bonds is 3. The summed E-state index contributed by atoms with van der Waals surface area (Å²) in [5, 5.41) is 14.1. The molecule has 3 rings (SSSR count). The minimum Gasteiger partial charge on any atom is -0.496 e. The summed E-state index contributed by atoms with van der Waals surface area (Å²) in [6.45, 7) is 4.07. The molecule has 3 aromatic rings. The van der Waals surface area contributed by atoms with Gasteiger partial charge in [-0.1, -0.05) is 0 Å². The Kier molecular flexibility index (Phi) is 3.67. The van der Waals surface area contributed by atoms with Crippen molar-refractivity contribution in [3.63, 3.8) is 0 Å². The smallest absolute Gasteiger partial charge is 0.122 e.